The van der Waals surface area contributed by atoms with Crippen LogP contribution in [0.1, 0.15) is 22.3 Å². The molecule has 0 aromatic heterocycles. The number of hydrogen-bond acceptors (Lipinski definition) is 6. The number of hydrogen-bond donors (Lipinski definition) is 4. The van der Waals surface area contributed by atoms with Crippen LogP contribution in [-0.2, 0) is 0 Å². The number of rotatable bonds is 0. The molecule has 0 saturated carbocycles. The van der Waals surface area contributed by atoms with Crippen molar-refractivity contribution >= 4 is 45.1 Å². The van der Waals surface area contributed by atoms with E-state index in [1.54, 1.807) is 36.4 Å². The van der Waals surface area contributed by atoms with E-state index in [0.29, 0.717) is 55.2 Å². The Bertz CT molecular complexity index is 1580. The second-order valence-electron chi connectivity index (χ2n) is 8.70. The highest BCUT2D eigenvalue weighted by Crippen LogP contribution is 2.46. The first-order chi connectivity index (χ1) is 16.5. The number of benzene rings is 4. The van der Waals surface area contributed by atoms with Gasteiger partial charge in [0.1, 0.15) is 35.1 Å². The Morgan fingerprint density at radius 2 is 0.853 bits per heavy atom. The third-order valence-electron chi connectivity index (χ3n) is 6.92. The number of aromatic hydroxyl groups is 4. The van der Waals surface area contributed by atoms with Gasteiger partial charge < -0.3 is 20.4 Å². The summed E-state index contributed by atoms with van der Waals surface area (Å²) in [6.07, 6.45) is 7.16. The summed E-state index contributed by atoms with van der Waals surface area (Å²) in [6, 6.07) is 13.3. The zero-order valence-electron chi connectivity index (χ0n) is 17.8. The van der Waals surface area contributed by atoms with E-state index in [1.165, 1.54) is 0 Å². The standard InChI is InChI=1S/C28H18N2O4/c31-25-13-5-1-3-7-15(13)27(33)21-17(25)9-11-19-23(21)29-20-12-10-18-22(24(20)30-19)28(34)16-8-4-2-6-14(16)26(18)32/h1-12,19-20,31-34H. The molecule has 0 saturated heterocycles. The van der Waals surface area contributed by atoms with Gasteiger partial charge in [-0.2, -0.15) is 0 Å². The molecule has 7 rings (SSSR count). The van der Waals surface area contributed by atoms with E-state index >= 15 is 0 Å². The molecule has 0 radical (unpaired) electrons. The first-order valence-electron chi connectivity index (χ1n) is 11.0. The highest BCUT2D eigenvalue weighted by molar-refractivity contribution is 6.24. The van der Waals surface area contributed by atoms with Gasteiger partial charge in [-0.25, -0.2) is 0 Å². The zero-order valence-corrected chi connectivity index (χ0v) is 17.8. The van der Waals surface area contributed by atoms with Gasteiger partial charge in [0.2, 0.25) is 0 Å². The predicted molar refractivity (Wildman–Crippen MR) is 133 cm³/mol. The van der Waals surface area contributed by atoms with Crippen LogP contribution < -0.4 is 0 Å². The summed E-state index contributed by atoms with van der Waals surface area (Å²) < 4.78 is 0. The van der Waals surface area contributed by atoms with Gasteiger partial charge in [0.25, 0.3) is 0 Å². The van der Waals surface area contributed by atoms with Gasteiger partial charge in [-0.05, 0) is 0 Å². The molecule has 0 amide bonds. The molecule has 1 aliphatic heterocycles. The molecule has 2 atom stereocenters. The Labute approximate surface area is 193 Å². The van der Waals surface area contributed by atoms with E-state index in [1.807, 2.05) is 36.4 Å². The fourth-order valence-corrected chi connectivity index (χ4v) is 5.33. The smallest absolute Gasteiger partial charge is 0.133 e. The maximum Gasteiger partial charge on any atom is 0.133 e. The summed E-state index contributed by atoms with van der Waals surface area (Å²) in [6.45, 7) is 0. The maximum atomic E-state index is 11.1. The van der Waals surface area contributed by atoms with Crippen LogP contribution in [0.15, 0.2) is 70.7 Å². The van der Waals surface area contributed by atoms with Gasteiger partial charge in [0, 0.05) is 32.7 Å². The first-order valence-corrected chi connectivity index (χ1v) is 11.0. The summed E-state index contributed by atoms with van der Waals surface area (Å²) in [7, 11) is 0. The SMILES string of the molecule is Oc1c2c(c(O)c3ccccc13)C1=NC3C=Cc4c(c(O)c5ccccc5c4O)C3=NC1C=C2. The molecular weight excluding hydrogens is 428 g/mol. The number of fused-ring (bicyclic) bond motifs is 8. The highest BCUT2D eigenvalue weighted by atomic mass is 16.3. The van der Waals surface area contributed by atoms with Crippen LogP contribution in [0.25, 0.3) is 33.7 Å². The molecule has 4 N–H and O–H groups in total. The lowest BCUT2D eigenvalue weighted by molar-refractivity contribution is 0.466. The van der Waals surface area contributed by atoms with Gasteiger partial charge in [0.05, 0.1) is 22.6 Å². The minimum atomic E-state index is -0.502. The number of phenolic OH excluding ortho intramolecular Hbond substituents is 4. The van der Waals surface area contributed by atoms with Crippen LogP contribution >= 0.6 is 0 Å². The number of nitrogens with zero attached hydrogens (tertiary/aromatic N) is 2. The molecule has 6 heteroatoms. The fraction of sp³-hybridized carbons (Fsp3) is 0.0714. The summed E-state index contributed by atoms with van der Waals surface area (Å²) in [5.74, 6) is 0.298. The number of phenols is 4. The Kier molecular flexibility index (Phi) is 3.61. The highest BCUT2D eigenvalue weighted by Gasteiger charge is 2.36. The van der Waals surface area contributed by atoms with E-state index in [-0.39, 0.29) is 23.0 Å². The molecule has 0 fully saturated rings. The van der Waals surface area contributed by atoms with Crippen LogP contribution in [0.5, 0.6) is 23.0 Å². The third-order valence-corrected chi connectivity index (χ3v) is 6.92. The molecule has 6 nitrogen and oxygen atoms in total. The lowest BCUT2D eigenvalue weighted by Crippen LogP contribution is -2.35. The molecule has 4 aromatic carbocycles. The Morgan fingerprint density at radius 1 is 0.500 bits per heavy atom. The summed E-state index contributed by atoms with van der Waals surface area (Å²) in [4.78, 5) is 9.82. The van der Waals surface area contributed by atoms with Gasteiger partial charge in [0.15, 0.2) is 0 Å². The normalized spacial score (nSPS) is 19.8. The van der Waals surface area contributed by atoms with Crippen molar-refractivity contribution < 1.29 is 20.4 Å². The van der Waals surface area contributed by atoms with Crippen molar-refractivity contribution in [3.05, 3.63) is 82.9 Å². The van der Waals surface area contributed by atoms with E-state index in [9.17, 15) is 20.4 Å². The van der Waals surface area contributed by atoms with E-state index in [2.05, 4.69) is 0 Å². The average molecular weight is 446 g/mol. The fourth-order valence-electron chi connectivity index (χ4n) is 5.33. The summed E-state index contributed by atoms with van der Waals surface area (Å²) in [5.41, 5.74) is 3.07. The van der Waals surface area contributed by atoms with Gasteiger partial charge in [-0.3, -0.25) is 9.98 Å². The van der Waals surface area contributed by atoms with Crippen LogP contribution in [0, 0.1) is 0 Å². The van der Waals surface area contributed by atoms with E-state index in [4.69, 9.17) is 9.98 Å². The summed E-state index contributed by atoms with van der Waals surface area (Å²) in [5, 5.41) is 46.3. The van der Waals surface area contributed by atoms with Crippen LogP contribution in [0.3, 0.4) is 0 Å². The van der Waals surface area contributed by atoms with Crippen molar-refractivity contribution in [3.63, 3.8) is 0 Å². The quantitative estimate of drug-likeness (QED) is 0.288. The minimum Gasteiger partial charge on any atom is -0.507 e. The van der Waals surface area contributed by atoms with Gasteiger partial charge in [-0.15, -0.1) is 0 Å². The maximum absolute atomic E-state index is 11.1. The molecule has 2 unspecified atom stereocenters. The predicted octanol–water partition coefficient (Wildman–Crippen LogP) is 4.90. The number of aliphatic imine (C=N–C) groups is 2. The topological polar surface area (TPSA) is 106 Å². The minimum absolute atomic E-state index is 0.0572. The zero-order chi connectivity index (χ0) is 23.1. The Morgan fingerprint density at radius 3 is 1.24 bits per heavy atom. The van der Waals surface area contributed by atoms with E-state index in [0.717, 1.165) is 0 Å². The van der Waals surface area contributed by atoms with Crippen molar-refractivity contribution in [2.45, 2.75) is 12.1 Å². The third kappa shape index (κ3) is 2.29. The van der Waals surface area contributed by atoms with Crippen LogP contribution in [-0.4, -0.2) is 43.9 Å². The van der Waals surface area contributed by atoms with Crippen molar-refractivity contribution in [1.82, 2.24) is 0 Å². The van der Waals surface area contributed by atoms with E-state index < -0.39 is 12.1 Å². The van der Waals surface area contributed by atoms with Crippen LogP contribution in [0.2, 0.25) is 0 Å². The van der Waals surface area contributed by atoms with Gasteiger partial charge in [-0.1, -0.05) is 72.8 Å². The lowest BCUT2D eigenvalue weighted by atomic mass is 9.83. The monoisotopic (exact) mass is 446 g/mol. The molecule has 3 aliphatic rings. The lowest BCUT2D eigenvalue weighted by Gasteiger charge is -2.31. The second kappa shape index (κ2) is 6.48. The Hall–Kier alpha value is -4.58. The largest absolute Gasteiger partial charge is 0.507 e. The molecule has 34 heavy (non-hydrogen) atoms. The van der Waals surface area contributed by atoms with Crippen LogP contribution in [0.4, 0.5) is 0 Å². The first kappa shape index (κ1) is 18.9. The molecule has 0 spiro atoms. The van der Waals surface area contributed by atoms with Gasteiger partial charge >= 0.3 is 0 Å². The molecule has 2 aliphatic carbocycles. The second-order valence-corrected chi connectivity index (χ2v) is 8.70. The van der Waals surface area contributed by atoms with Crippen molar-refractivity contribution in [3.8, 4) is 23.0 Å². The van der Waals surface area contributed by atoms with Crippen molar-refractivity contribution in [2.75, 3.05) is 0 Å². The van der Waals surface area contributed by atoms with Crippen molar-refractivity contribution in [2.24, 2.45) is 9.98 Å². The average Bonchev–Trinajstić information content (AvgIpc) is 2.88. The Balaban J connectivity index is 1.46. The molecule has 1 heterocycles. The molecule has 0 bridgehead atoms. The van der Waals surface area contributed by atoms with Crippen molar-refractivity contribution in [1.29, 1.82) is 0 Å². The molecule has 4 aromatic rings. The molecule has 164 valence electrons. The summed E-state index contributed by atoms with van der Waals surface area (Å²) >= 11 is 0. The molecular formula is C28H18N2O4.